The largest absolute Gasteiger partial charge is 0.507 e. The first-order valence-electron chi connectivity index (χ1n) is 16.7. The summed E-state index contributed by atoms with van der Waals surface area (Å²) >= 11 is 0. The van der Waals surface area contributed by atoms with Gasteiger partial charge in [-0.1, -0.05) is 36.4 Å². The van der Waals surface area contributed by atoms with Gasteiger partial charge in [0.05, 0.1) is 0 Å². The van der Waals surface area contributed by atoms with Crippen LogP contribution >= 0.6 is 0 Å². The second kappa shape index (κ2) is 13.8. The number of hydrogen-bond donors (Lipinski definition) is 3. The number of fused-ring (bicyclic) bond motifs is 2. The van der Waals surface area contributed by atoms with Gasteiger partial charge in [0.2, 0.25) is 0 Å². The van der Waals surface area contributed by atoms with E-state index in [-0.39, 0.29) is 34.3 Å². The Bertz CT molecular complexity index is 1620. The third kappa shape index (κ3) is 7.27. The highest BCUT2D eigenvalue weighted by atomic mass is 32.2. The molecule has 8 nitrogen and oxygen atoms in total. The molecule has 2 fully saturated rings. The predicted octanol–water partition coefficient (Wildman–Crippen LogP) is 5.36. The van der Waals surface area contributed by atoms with E-state index in [1.165, 1.54) is 54.2 Å². The van der Waals surface area contributed by atoms with Crippen molar-refractivity contribution in [2.24, 2.45) is 0 Å². The fourth-order valence-electron chi connectivity index (χ4n) is 7.81. The Morgan fingerprint density at radius 1 is 1.00 bits per heavy atom. The van der Waals surface area contributed by atoms with Gasteiger partial charge in [-0.25, -0.2) is 8.42 Å². The summed E-state index contributed by atoms with van der Waals surface area (Å²) in [5.41, 5.74) is 5.30. The zero-order valence-electron chi connectivity index (χ0n) is 26.7. The van der Waals surface area contributed by atoms with Crippen molar-refractivity contribution in [2.45, 2.75) is 86.2 Å². The first kappa shape index (κ1) is 32.5. The molecule has 0 radical (unpaired) electrons. The third-order valence-corrected chi connectivity index (χ3v) is 11.6. The molecule has 1 aliphatic heterocycles. The Morgan fingerprint density at radius 2 is 1.72 bits per heavy atom. The maximum Gasteiger partial charge on any atom is 0.253 e. The average Bonchev–Trinajstić information content (AvgIpc) is 3.07. The molecule has 3 N–H and O–H groups in total. The molecule has 9 heteroatoms. The van der Waals surface area contributed by atoms with Gasteiger partial charge in [0.1, 0.15) is 29.1 Å². The summed E-state index contributed by atoms with van der Waals surface area (Å²) in [5, 5.41) is 23.7. The van der Waals surface area contributed by atoms with Crippen LogP contribution in [0.25, 0.3) is 0 Å². The summed E-state index contributed by atoms with van der Waals surface area (Å²) in [6, 6.07) is 21.5. The van der Waals surface area contributed by atoms with E-state index < -0.39 is 15.9 Å². The summed E-state index contributed by atoms with van der Waals surface area (Å²) < 4.78 is 29.2. The van der Waals surface area contributed by atoms with E-state index in [9.17, 15) is 23.4 Å². The van der Waals surface area contributed by atoms with Crippen molar-refractivity contribution in [3.63, 3.8) is 0 Å². The number of phenolic OH excluding ortho intramolecular Hbond substituents is 1. The number of aliphatic hydroxyl groups is 1. The van der Waals surface area contributed by atoms with E-state index in [2.05, 4.69) is 41.7 Å². The maximum atomic E-state index is 13.4. The number of aromatic hydroxyl groups is 1. The van der Waals surface area contributed by atoms with E-state index in [0.717, 1.165) is 63.4 Å². The number of aryl methyl sites for hydroxylation is 1. The summed E-state index contributed by atoms with van der Waals surface area (Å²) in [6.45, 7) is 2.00. The minimum Gasteiger partial charge on any atom is -0.507 e. The van der Waals surface area contributed by atoms with Crippen LogP contribution in [0.3, 0.4) is 0 Å². The summed E-state index contributed by atoms with van der Waals surface area (Å²) in [7, 11) is -3.59. The van der Waals surface area contributed by atoms with Crippen molar-refractivity contribution in [2.75, 3.05) is 32.5 Å². The molecule has 1 heterocycles. The van der Waals surface area contributed by atoms with Gasteiger partial charge >= 0.3 is 0 Å². The topological polar surface area (TPSA) is 116 Å². The first-order chi connectivity index (χ1) is 22.1. The Labute approximate surface area is 272 Å². The molecule has 46 heavy (non-hydrogen) atoms. The Morgan fingerprint density at radius 3 is 2.43 bits per heavy atom. The highest BCUT2D eigenvalue weighted by Crippen LogP contribution is 2.45. The van der Waals surface area contributed by atoms with E-state index in [1.54, 1.807) is 0 Å². The average molecular weight is 647 g/mol. The lowest BCUT2D eigenvalue weighted by molar-refractivity contribution is 0.0652. The Hall–Kier alpha value is -3.40. The number of piperidine rings is 1. The molecule has 1 amide bonds. The summed E-state index contributed by atoms with van der Waals surface area (Å²) in [4.78, 5) is 15.3. The number of hydrogen-bond acceptors (Lipinski definition) is 7. The van der Waals surface area contributed by atoms with Crippen molar-refractivity contribution in [3.8, 4) is 11.5 Å². The van der Waals surface area contributed by atoms with Crippen LogP contribution in [0.4, 0.5) is 0 Å². The van der Waals surface area contributed by atoms with Crippen molar-refractivity contribution in [1.29, 1.82) is 0 Å². The number of likely N-dealkylation sites (tertiary alicyclic amines) is 1. The van der Waals surface area contributed by atoms with Crippen LogP contribution in [0.2, 0.25) is 0 Å². The quantitative estimate of drug-likeness (QED) is 0.287. The van der Waals surface area contributed by atoms with Gasteiger partial charge in [-0.3, -0.25) is 4.79 Å². The number of phenols is 1. The molecular weight excluding hydrogens is 600 g/mol. The van der Waals surface area contributed by atoms with Crippen LogP contribution in [0.15, 0.2) is 71.6 Å². The van der Waals surface area contributed by atoms with Gasteiger partial charge < -0.3 is 25.2 Å². The van der Waals surface area contributed by atoms with Crippen molar-refractivity contribution in [1.82, 2.24) is 10.2 Å². The fourth-order valence-corrected chi connectivity index (χ4v) is 8.59. The molecule has 1 saturated heterocycles. The lowest BCUT2D eigenvalue weighted by Crippen LogP contribution is -2.46. The molecule has 0 aromatic heterocycles. The molecule has 1 saturated carbocycles. The second-order valence-electron chi connectivity index (χ2n) is 13.5. The Kier molecular flexibility index (Phi) is 9.73. The number of nitrogens with one attached hydrogen (secondary N) is 1. The lowest BCUT2D eigenvalue weighted by Gasteiger charge is -2.45. The second-order valence-corrected chi connectivity index (χ2v) is 15.5. The molecular formula is C37H46N2O6S. The smallest absolute Gasteiger partial charge is 0.253 e. The molecule has 3 aromatic carbocycles. The zero-order valence-corrected chi connectivity index (χ0v) is 27.5. The molecule has 0 bridgehead atoms. The van der Waals surface area contributed by atoms with Crippen molar-refractivity contribution in [3.05, 3.63) is 89.0 Å². The fraction of sp³-hybridized carbons (Fsp3) is 0.486. The molecule has 3 aromatic rings. The molecule has 1 atom stereocenters. The minimum absolute atomic E-state index is 0.00759. The van der Waals surface area contributed by atoms with E-state index in [4.69, 9.17) is 4.74 Å². The molecule has 1 spiro atoms. The number of amides is 1. The van der Waals surface area contributed by atoms with Crippen molar-refractivity contribution < 1.29 is 28.2 Å². The predicted molar refractivity (Wildman–Crippen MR) is 178 cm³/mol. The number of carbonyl (C=O) groups is 1. The summed E-state index contributed by atoms with van der Waals surface area (Å²) in [6.07, 6.45) is 10.0. The van der Waals surface area contributed by atoms with Gasteiger partial charge in [-0.15, -0.1) is 0 Å². The van der Waals surface area contributed by atoms with Gasteiger partial charge in [-0.05, 0) is 110 Å². The van der Waals surface area contributed by atoms with Gasteiger partial charge in [0.15, 0.2) is 9.84 Å². The third-order valence-electron chi connectivity index (χ3n) is 10.5. The zero-order chi connectivity index (χ0) is 32.3. The van der Waals surface area contributed by atoms with Crippen LogP contribution in [-0.2, 0) is 21.7 Å². The monoisotopic (exact) mass is 646 g/mol. The molecule has 246 valence electrons. The van der Waals surface area contributed by atoms with Crippen LogP contribution in [-0.4, -0.2) is 74.1 Å². The standard InChI is InChI=1S/C37H46N2O6S/c1-46(43,44)35-23-32(16-17-34(35)41)45-25-31(40)24-38-30-14-12-27(13-15-30)26-8-10-29(11-9-26)36(42)39-21-19-37(20-22-39)18-4-6-28-5-2-3-7-33(28)37/h2-3,5,7-11,16-17,23,27,30-31,38,40-41H,4,6,12-15,18-22,24-25H2,1H3. The van der Waals surface area contributed by atoms with E-state index in [1.807, 2.05) is 17.0 Å². The lowest BCUT2D eigenvalue weighted by atomic mass is 9.65. The molecule has 2 aliphatic carbocycles. The number of carbonyl (C=O) groups excluding carboxylic acids is 1. The highest BCUT2D eigenvalue weighted by molar-refractivity contribution is 7.90. The number of nitrogens with zero attached hydrogens (tertiary/aromatic N) is 1. The number of benzene rings is 3. The van der Waals surface area contributed by atoms with Crippen LogP contribution in [0, 0.1) is 0 Å². The van der Waals surface area contributed by atoms with Crippen LogP contribution in [0.5, 0.6) is 11.5 Å². The first-order valence-corrected chi connectivity index (χ1v) is 18.6. The van der Waals surface area contributed by atoms with E-state index >= 15 is 0 Å². The number of sulfone groups is 1. The molecule has 3 aliphatic rings. The SMILES string of the molecule is CS(=O)(=O)c1cc(OCC(O)CNC2CCC(c3ccc(C(=O)N4CCC5(CCCc6ccccc65)CC4)cc3)CC2)ccc1O. The van der Waals surface area contributed by atoms with Crippen LogP contribution < -0.4 is 10.1 Å². The summed E-state index contributed by atoms with van der Waals surface area (Å²) in [5.74, 6) is 0.548. The maximum absolute atomic E-state index is 13.4. The minimum atomic E-state index is -3.59. The highest BCUT2D eigenvalue weighted by Gasteiger charge is 2.40. The van der Waals surface area contributed by atoms with E-state index in [0.29, 0.717) is 18.5 Å². The van der Waals surface area contributed by atoms with Gasteiger partial charge in [0.25, 0.3) is 5.91 Å². The Balaban J connectivity index is 0.935. The van der Waals surface area contributed by atoms with Crippen molar-refractivity contribution >= 4 is 15.7 Å². The molecule has 1 unspecified atom stereocenters. The van der Waals surface area contributed by atoms with Gasteiger partial charge in [0, 0.05) is 43.6 Å². The van der Waals surface area contributed by atoms with Crippen LogP contribution in [0.1, 0.15) is 84.3 Å². The molecule has 6 rings (SSSR count). The van der Waals surface area contributed by atoms with Gasteiger partial charge in [-0.2, -0.15) is 0 Å². The number of ether oxygens (including phenoxy) is 1. The number of aliphatic hydroxyl groups excluding tert-OH is 1. The normalized spacial score (nSPS) is 21.8. The number of rotatable bonds is 9.